The van der Waals surface area contributed by atoms with E-state index in [0.29, 0.717) is 5.92 Å². The van der Waals surface area contributed by atoms with E-state index in [0.717, 1.165) is 5.69 Å². The van der Waals surface area contributed by atoms with Crippen molar-refractivity contribution in [2.24, 2.45) is 5.92 Å². The van der Waals surface area contributed by atoms with E-state index >= 15 is 0 Å². The number of hydrogen-bond acceptors (Lipinski definition) is 2. The first-order valence-corrected chi connectivity index (χ1v) is 9.22. The Morgan fingerprint density at radius 3 is 2.26 bits per heavy atom. The van der Waals surface area contributed by atoms with E-state index in [1.54, 1.807) is 11.8 Å². The lowest BCUT2D eigenvalue weighted by atomic mass is 9.76. The predicted octanol–water partition coefficient (Wildman–Crippen LogP) is 5.79. The summed E-state index contributed by atoms with van der Waals surface area (Å²) >= 11 is 1.77. The zero-order valence-corrected chi connectivity index (χ0v) is 14.7. The first kappa shape index (κ1) is 15.9. The van der Waals surface area contributed by atoms with Gasteiger partial charge >= 0.3 is 0 Å². The summed E-state index contributed by atoms with van der Waals surface area (Å²) < 4.78 is 0. The van der Waals surface area contributed by atoms with Gasteiger partial charge in [0.05, 0.1) is 5.54 Å². The van der Waals surface area contributed by atoms with E-state index in [9.17, 15) is 0 Å². The molecule has 2 atom stereocenters. The molecule has 1 aliphatic carbocycles. The minimum Gasteiger partial charge on any atom is -0.372 e. The highest BCUT2D eigenvalue weighted by molar-refractivity contribution is 7.98. The molecule has 2 aromatic rings. The van der Waals surface area contributed by atoms with Crippen molar-refractivity contribution >= 4 is 17.4 Å². The van der Waals surface area contributed by atoms with Gasteiger partial charge in [-0.2, -0.15) is 0 Å². The third-order valence-corrected chi connectivity index (χ3v) is 5.30. The molecule has 2 heteroatoms. The summed E-state index contributed by atoms with van der Waals surface area (Å²) in [5.74, 6) is 0.371. The highest BCUT2D eigenvalue weighted by atomic mass is 32.2. The normalized spacial score (nSPS) is 23.0. The van der Waals surface area contributed by atoms with Crippen LogP contribution in [0.1, 0.15) is 18.1 Å². The van der Waals surface area contributed by atoms with Crippen LogP contribution >= 0.6 is 11.8 Å². The van der Waals surface area contributed by atoms with Crippen LogP contribution in [0.3, 0.4) is 0 Å². The van der Waals surface area contributed by atoms with Crippen molar-refractivity contribution in [3.63, 3.8) is 0 Å². The lowest BCUT2D eigenvalue weighted by Crippen LogP contribution is -2.40. The molecule has 0 amide bonds. The van der Waals surface area contributed by atoms with Crippen LogP contribution in [0.2, 0.25) is 0 Å². The number of anilines is 1. The Morgan fingerprint density at radius 1 is 0.957 bits per heavy atom. The molecule has 0 bridgehead atoms. The van der Waals surface area contributed by atoms with Crippen LogP contribution in [0.25, 0.3) is 0 Å². The van der Waals surface area contributed by atoms with E-state index in [4.69, 9.17) is 0 Å². The Balaban J connectivity index is 2.00. The first-order chi connectivity index (χ1) is 11.1. The summed E-state index contributed by atoms with van der Waals surface area (Å²) in [4.78, 5) is 1.28. The Bertz CT molecular complexity index is 713. The molecule has 0 aliphatic heterocycles. The topological polar surface area (TPSA) is 12.0 Å². The SMILES string of the molecule is CSc1ccc(NC2(c3ccc(C)cc3)C=CC=CC2C)cc1. The highest BCUT2D eigenvalue weighted by Crippen LogP contribution is 2.38. The highest BCUT2D eigenvalue weighted by Gasteiger charge is 2.35. The molecule has 2 aromatic carbocycles. The number of aryl methyl sites for hydroxylation is 1. The molecule has 0 saturated heterocycles. The molecule has 3 rings (SSSR count). The van der Waals surface area contributed by atoms with Gasteiger partial charge in [-0.05, 0) is 43.0 Å². The molecule has 0 saturated carbocycles. The van der Waals surface area contributed by atoms with Crippen LogP contribution in [0.5, 0.6) is 0 Å². The van der Waals surface area contributed by atoms with Crippen LogP contribution in [-0.4, -0.2) is 6.26 Å². The minimum absolute atomic E-state index is 0.205. The van der Waals surface area contributed by atoms with E-state index < -0.39 is 0 Å². The van der Waals surface area contributed by atoms with Gasteiger partial charge in [-0.1, -0.05) is 61.1 Å². The lowest BCUT2D eigenvalue weighted by molar-refractivity contribution is 0.472. The maximum absolute atomic E-state index is 3.78. The van der Waals surface area contributed by atoms with Crippen molar-refractivity contribution in [1.82, 2.24) is 0 Å². The molecular formula is C21H23NS. The second-order valence-electron chi connectivity index (χ2n) is 6.12. The molecule has 0 spiro atoms. The molecular weight excluding hydrogens is 298 g/mol. The fraction of sp³-hybridized carbons (Fsp3) is 0.238. The second-order valence-corrected chi connectivity index (χ2v) is 7.00. The second kappa shape index (κ2) is 6.67. The van der Waals surface area contributed by atoms with Crippen LogP contribution in [0, 0.1) is 12.8 Å². The summed E-state index contributed by atoms with van der Waals surface area (Å²) in [5.41, 5.74) is 3.53. The van der Waals surface area contributed by atoms with E-state index in [1.165, 1.54) is 16.0 Å². The fourth-order valence-electron chi connectivity index (χ4n) is 3.07. The Labute approximate surface area is 143 Å². The number of benzene rings is 2. The predicted molar refractivity (Wildman–Crippen MR) is 102 cm³/mol. The minimum atomic E-state index is -0.205. The van der Waals surface area contributed by atoms with Gasteiger partial charge in [-0.15, -0.1) is 11.8 Å². The van der Waals surface area contributed by atoms with Crippen molar-refractivity contribution in [2.75, 3.05) is 11.6 Å². The van der Waals surface area contributed by atoms with Gasteiger partial charge in [0.15, 0.2) is 0 Å². The summed E-state index contributed by atoms with van der Waals surface area (Å²) in [6.45, 7) is 4.40. The maximum Gasteiger partial charge on any atom is 0.0873 e. The number of allylic oxidation sites excluding steroid dienone is 2. The van der Waals surface area contributed by atoms with Gasteiger partial charge in [-0.25, -0.2) is 0 Å². The first-order valence-electron chi connectivity index (χ1n) is 7.99. The maximum atomic E-state index is 3.78. The fourth-order valence-corrected chi connectivity index (χ4v) is 3.48. The van der Waals surface area contributed by atoms with Crippen molar-refractivity contribution in [3.8, 4) is 0 Å². The molecule has 1 nitrogen and oxygen atoms in total. The van der Waals surface area contributed by atoms with Crippen molar-refractivity contribution in [3.05, 3.63) is 84.0 Å². The molecule has 118 valence electrons. The molecule has 0 heterocycles. The summed E-state index contributed by atoms with van der Waals surface area (Å²) in [7, 11) is 0. The van der Waals surface area contributed by atoms with Gasteiger partial charge < -0.3 is 5.32 Å². The van der Waals surface area contributed by atoms with Crippen LogP contribution < -0.4 is 5.32 Å². The van der Waals surface area contributed by atoms with E-state index in [2.05, 4.69) is 98.3 Å². The molecule has 0 radical (unpaired) electrons. The van der Waals surface area contributed by atoms with Crippen LogP contribution in [0.15, 0.2) is 77.7 Å². The molecule has 23 heavy (non-hydrogen) atoms. The Kier molecular flexibility index (Phi) is 4.63. The number of rotatable bonds is 4. The van der Waals surface area contributed by atoms with Gasteiger partial charge in [0, 0.05) is 16.5 Å². The summed E-state index contributed by atoms with van der Waals surface area (Å²) in [6.07, 6.45) is 10.9. The molecule has 2 unspecified atom stereocenters. The Hall–Kier alpha value is -1.93. The van der Waals surface area contributed by atoms with Gasteiger partial charge in [0.2, 0.25) is 0 Å². The van der Waals surface area contributed by atoms with Crippen molar-refractivity contribution in [2.45, 2.75) is 24.3 Å². The summed E-state index contributed by atoms with van der Waals surface area (Å²) in [6, 6.07) is 17.5. The largest absolute Gasteiger partial charge is 0.372 e. The third-order valence-electron chi connectivity index (χ3n) is 4.56. The molecule has 0 fully saturated rings. The number of hydrogen-bond donors (Lipinski definition) is 1. The molecule has 0 aromatic heterocycles. The van der Waals surface area contributed by atoms with E-state index in [-0.39, 0.29) is 5.54 Å². The smallest absolute Gasteiger partial charge is 0.0873 e. The van der Waals surface area contributed by atoms with E-state index in [1.807, 2.05) is 0 Å². The van der Waals surface area contributed by atoms with Crippen molar-refractivity contribution in [1.29, 1.82) is 0 Å². The van der Waals surface area contributed by atoms with Crippen LogP contribution in [-0.2, 0) is 5.54 Å². The average molecular weight is 321 g/mol. The third kappa shape index (κ3) is 3.23. The molecule has 1 N–H and O–H groups in total. The lowest BCUT2D eigenvalue weighted by Gasteiger charge is -2.39. The number of nitrogens with one attached hydrogen (secondary N) is 1. The van der Waals surface area contributed by atoms with Gasteiger partial charge in [-0.3, -0.25) is 0 Å². The Morgan fingerprint density at radius 2 is 1.65 bits per heavy atom. The molecule has 1 aliphatic rings. The quantitative estimate of drug-likeness (QED) is 0.716. The zero-order chi connectivity index (χ0) is 16.3. The number of thioether (sulfide) groups is 1. The average Bonchev–Trinajstić information content (AvgIpc) is 2.58. The summed E-state index contributed by atoms with van der Waals surface area (Å²) in [5, 5.41) is 3.78. The van der Waals surface area contributed by atoms with Crippen molar-refractivity contribution < 1.29 is 0 Å². The standard InChI is InChI=1S/C21H23NS/c1-16-7-9-18(10-8-16)21(15-5-4-6-17(21)2)22-19-11-13-20(23-3)14-12-19/h4-15,17,22H,1-3H3. The zero-order valence-electron chi connectivity index (χ0n) is 13.9. The van der Waals surface area contributed by atoms with Gasteiger partial charge in [0.25, 0.3) is 0 Å². The van der Waals surface area contributed by atoms with Gasteiger partial charge in [0.1, 0.15) is 0 Å². The monoisotopic (exact) mass is 321 g/mol. The van der Waals surface area contributed by atoms with Crippen LogP contribution in [0.4, 0.5) is 5.69 Å².